The monoisotopic (exact) mass is 508 g/mol. The predicted octanol–water partition coefficient (Wildman–Crippen LogP) is 5.67. The zero-order chi connectivity index (χ0) is 25.6. The molecule has 0 spiro atoms. The average molecular weight is 508 g/mol. The van der Waals surface area contributed by atoms with E-state index >= 15 is 0 Å². The second kappa shape index (κ2) is 9.21. The number of fused-ring (bicyclic) bond motifs is 2. The number of benzene rings is 1. The average Bonchev–Trinajstić information content (AvgIpc) is 3.28. The fourth-order valence-electron chi connectivity index (χ4n) is 5.06. The molecular formula is C24H25F5N6O. The van der Waals surface area contributed by atoms with Gasteiger partial charge < -0.3 is 15.0 Å². The van der Waals surface area contributed by atoms with Crippen LogP contribution in [-0.4, -0.2) is 38.9 Å². The molecule has 1 saturated heterocycles. The Kier molecular flexibility index (Phi) is 6.21. The van der Waals surface area contributed by atoms with Crippen molar-refractivity contribution >= 4 is 11.6 Å². The maximum atomic E-state index is 13.6. The van der Waals surface area contributed by atoms with Crippen molar-refractivity contribution < 1.29 is 26.7 Å². The summed E-state index contributed by atoms with van der Waals surface area (Å²) in [5.41, 5.74) is -0.394. The maximum absolute atomic E-state index is 13.6. The summed E-state index contributed by atoms with van der Waals surface area (Å²) < 4.78 is 73.7. The third-order valence-electron chi connectivity index (χ3n) is 6.66. The number of pyridine rings is 1. The summed E-state index contributed by atoms with van der Waals surface area (Å²) in [4.78, 5) is 9.85. The third-order valence-corrected chi connectivity index (χ3v) is 6.66. The minimum absolute atomic E-state index is 0.0303. The molecule has 1 aliphatic carbocycles. The van der Waals surface area contributed by atoms with Gasteiger partial charge in [0.25, 0.3) is 0 Å². The molecule has 192 valence electrons. The van der Waals surface area contributed by atoms with Gasteiger partial charge in [0.05, 0.1) is 6.04 Å². The number of hydrogen-bond donors (Lipinski definition) is 1. The van der Waals surface area contributed by atoms with Crippen molar-refractivity contribution in [1.82, 2.24) is 19.7 Å². The Hall–Kier alpha value is -3.44. The van der Waals surface area contributed by atoms with Crippen LogP contribution in [0.3, 0.4) is 0 Å². The van der Waals surface area contributed by atoms with Crippen molar-refractivity contribution in [2.75, 3.05) is 23.3 Å². The van der Waals surface area contributed by atoms with Crippen molar-refractivity contribution in [3.8, 4) is 11.8 Å². The molecule has 12 heteroatoms. The summed E-state index contributed by atoms with van der Waals surface area (Å²) in [5, 5.41) is 7.88. The number of anilines is 2. The molecule has 2 bridgehead atoms. The Morgan fingerprint density at radius 1 is 1.03 bits per heavy atom. The van der Waals surface area contributed by atoms with Gasteiger partial charge in [-0.2, -0.15) is 18.2 Å². The van der Waals surface area contributed by atoms with E-state index in [4.69, 9.17) is 4.74 Å². The number of halogens is 5. The molecular weight excluding hydrogens is 483 g/mol. The van der Waals surface area contributed by atoms with Crippen LogP contribution in [0, 0.1) is 23.5 Å². The van der Waals surface area contributed by atoms with Crippen LogP contribution in [0.25, 0.3) is 0 Å². The molecule has 0 unspecified atom stereocenters. The Bertz CT molecular complexity index is 1210. The normalized spacial score (nSPS) is 21.8. The zero-order valence-corrected chi connectivity index (χ0v) is 19.6. The Morgan fingerprint density at radius 2 is 1.69 bits per heavy atom. The van der Waals surface area contributed by atoms with Crippen molar-refractivity contribution in [2.24, 2.45) is 11.8 Å². The number of rotatable bonds is 6. The van der Waals surface area contributed by atoms with Crippen LogP contribution in [0.15, 0.2) is 36.5 Å². The summed E-state index contributed by atoms with van der Waals surface area (Å²) in [6.07, 6.45) is -1.45. The van der Waals surface area contributed by atoms with E-state index in [0.717, 1.165) is 37.1 Å². The van der Waals surface area contributed by atoms with Gasteiger partial charge in [-0.3, -0.25) is 4.98 Å². The van der Waals surface area contributed by atoms with E-state index in [1.807, 2.05) is 18.7 Å². The predicted molar refractivity (Wildman–Crippen MR) is 122 cm³/mol. The molecule has 7 nitrogen and oxygen atoms in total. The van der Waals surface area contributed by atoms with Crippen LogP contribution < -0.4 is 15.0 Å². The van der Waals surface area contributed by atoms with E-state index < -0.39 is 23.5 Å². The van der Waals surface area contributed by atoms with E-state index in [1.54, 1.807) is 6.07 Å². The quantitative estimate of drug-likeness (QED) is 0.433. The first-order chi connectivity index (χ1) is 17.1. The van der Waals surface area contributed by atoms with Crippen LogP contribution in [0.1, 0.15) is 38.4 Å². The topological polar surface area (TPSA) is 68.1 Å². The molecule has 2 aliphatic rings. The van der Waals surface area contributed by atoms with E-state index in [1.165, 1.54) is 10.9 Å². The highest BCUT2D eigenvalue weighted by Gasteiger charge is 2.43. The molecule has 2 aromatic heterocycles. The van der Waals surface area contributed by atoms with Crippen LogP contribution >= 0.6 is 0 Å². The number of nitrogens with zero attached hydrogens (tertiary/aromatic N) is 5. The number of aromatic nitrogens is 4. The standard InChI is InChI=1S/C24H25F5N6O/c1-13(2)35-23(36-19-8-16(25)7-17(26)9-19)32-22(33-35)31-21-14-3-4-15(21)12-34(11-14)18-5-6-30-20(10-18)24(27,28)29/h5-10,13-15,21H,3-4,11-12H2,1-2H3,(H,31,33)/t14-,15+,21+. The lowest BCUT2D eigenvalue weighted by molar-refractivity contribution is -0.141. The molecule has 1 aliphatic heterocycles. The molecule has 36 heavy (non-hydrogen) atoms. The Balaban J connectivity index is 1.32. The van der Waals surface area contributed by atoms with Crippen molar-refractivity contribution in [2.45, 2.75) is 44.9 Å². The first kappa shape index (κ1) is 24.3. The second-order valence-electron chi connectivity index (χ2n) is 9.53. The molecule has 1 N–H and O–H groups in total. The van der Waals surface area contributed by atoms with Crippen LogP contribution in [0.5, 0.6) is 11.8 Å². The summed E-state index contributed by atoms with van der Waals surface area (Å²) in [6, 6.07) is 5.58. The van der Waals surface area contributed by atoms with E-state index in [9.17, 15) is 22.0 Å². The van der Waals surface area contributed by atoms with E-state index in [-0.39, 0.29) is 35.7 Å². The fourth-order valence-corrected chi connectivity index (χ4v) is 5.06. The van der Waals surface area contributed by atoms with Gasteiger partial charge in [-0.1, -0.05) is 0 Å². The summed E-state index contributed by atoms with van der Waals surface area (Å²) in [5.74, 6) is -0.873. The van der Waals surface area contributed by atoms with Crippen molar-refractivity contribution in [3.63, 3.8) is 0 Å². The summed E-state index contributed by atoms with van der Waals surface area (Å²) >= 11 is 0. The van der Waals surface area contributed by atoms with E-state index in [0.29, 0.717) is 24.7 Å². The van der Waals surface area contributed by atoms with Gasteiger partial charge in [0.2, 0.25) is 5.95 Å². The number of hydrogen-bond acceptors (Lipinski definition) is 6. The molecule has 3 atom stereocenters. The molecule has 2 fully saturated rings. The van der Waals surface area contributed by atoms with Gasteiger partial charge in [-0.05, 0) is 50.7 Å². The Morgan fingerprint density at radius 3 is 2.31 bits per heavy atom. The highest BCUT2D eigenvalue weighted by atomic mass is 19.4. The lowest BCUT2D eigenvalue weighted by atomic mass is 9.92. The largest absolute Gasteiger partial charge is 0.433 e. The third kappa shape index (κ3) is 4.93. The van der Waals surface area contributed by atoms with Gasteiger partial charge in [-0.15, -0.1) is 5.10 Å². The molecule has 5 rings (SSSR count). The second-order valence-corrected chi connectivity index (χ2v) is 9.53. The molecule has 3 heterocycles. The van der Waals surface area contributed by atoms with Crippen LogP contribution in [0.4, 0.5) is 33.6 Å². The minimum atomic E-state index is -4.49. The zero-order valence-electron chi connectivity index (χ0n) is 19.6. The molecule has 1 aromatic carbocycles. The Labute approximate surface area is 204 Å². The smallest absolute Gasteiger partial charge is 0.424 e. The highest BCUT2D eigenvalue weighted by molar-refractivity contribution is 5.49. The summed E-state index contributed by atoms with van der Waals surface area (Å²) in [7, 11) is 0. The van der Waals surface area contributed by atoms with Crippen LogP contribution in [-0.2, 0) is 6.18 Å². The van der Waals surface area contributed by atoms with Crippen molar-refractivity contribution in [3.05, 3.63) is 53.9 Å². The van der Waals surface area contributed by atoms with Gasteiger partial charge in [0, 0.05) is 49.2 Å². The first-order valence-electron chi connectivity index (χ1n) is 11.7. The van der Waals surface area contributed by atoms with Crippen LogP contribution in [0.2, 0.25) is 0 Å². The van der Waals surface area contributed by atoms with Gasteiger partial charge in [0.15, 0.2) is 0 Å². The summed E-state index contributed by atoms with van der Waals surface area (Å²) in [6.45, 7) is 4.94. The fraction of sp³-hybridized carbons (Fsp3) is 0.458. The highest BCUT2D eigenvalue weighted by Crippen LogP contribution is 2.41. The molecule has 1 saturated carbocycles. The maximum Gasteiger partial charge on any atom is 0.433 e. The molecule has 0 amide bonds. The van der Waals surface area contributed by atoms with Crippen molar-refractivity contribution in [1.29, 1.82) is 0 Å². The molecule has 0 radical (unpaired) electrons. The molecule has 3 aromatic rings. The minimum Gasteiger partial charge on any atom is -0.424 e. The first-order valence-corrected chi connectivity index (χ1v) is 11.7. The van der Waals surface area contributed by atoms with Gasteiger partial charge in [0.1, 0.15) is 23.1 Å². The SMILES string of the molecule is CC(C)n1nc(N[C@H]2[C@@H]3CC[C@H]2CN(c2ccnc(C(F)(F)F)c2)C3)nc1Oc1cc(F)cc(F)c1. The number of piperidine rings is 1. The van der Waals surface area contributed by atoms with Gasteiger partial charge >= 0.3 is 12.2 Å². The van der Waals surface area contributed by atoms with E-state index in [2.05, 4.69) is 20.4 Å². The number of ether oxygens (including phenoxy) is 1. The lowest BCUT2D eigenvalue weighted by Crippen LogP contribution is -2.48. The lowest BCUT2D eigenvalue weighted by Gasteiger charge is -2.39. The number of nitrogens with one attached hydrogen (secondary N) is 1. The van der Waals surface area contributed by atoms with Gasteiger partial charge in [-0.25, -0.2) is 13.5 Å². The number of alkyl halides is 3.